The molecule has 1 aliphatic heterocycles. The molecule has 6 heteroatoms. The van der Waals surface area contributed by atoms with Crippen LogP contribution in [0.15, 0.2) is 42.9 Å². The molecule has 1 N–H and O–H groups in total. The van der Waals surface area contributed by atoms with Crippen molar-refractivity contribution in [3.8, 4) is 5.88 Å². The van der Waals surface area contributed by atoms with Crippen LogP contribution in [0.2, 0.25) is 0 Å². The van der Waals surface area contributed by atoms with E-state index in [9.17, 15) is 4.79 Å². The maximum absolute atomic E-state index is 12.6. The Morgan fingerprint density at radius 2 is 2.17 bits per heavy atom. The summed E-state index contributed by atoms with van der Waals surface area (Å²) in [5, 5.41) is 2.99. The number of carbonyl (C=O) groups is 1. The molecule has 6 nitrogen and oxygen atoms in total. The third kappa shape index (κ3) is 3.64. The SMILES string of the molecule is CCOc1ncccc1CNC(=O)N1CCC[C@H]1c1ccncc1. The van der Waals surface area contributed by atoms with E-state index in [4.69, 9.17) is 4.74 Å². The number of pyridine rings is 2. The van der Waals surface area contributed by atoms with Crippen molar-refractivity contribution in [2.75, 3.05) is 13.2 Å². The zero-order valence-electron chi connectivity index (χ0n) is 13.8. The van der Waals surface area contributed by atoms with Crippen LogP contribution in [-0.4, -0.2) is 34.1 Å². The average molecular weight is 326 g/mol. The Balaban J connectivity index is 1.65. The fraction of sp³-hybridized carbons (Fsp3) is 0.389. The van der Waals surface area contributed by atoms with Gasteiger partial charge in [-0.15, -0.1) is 0 Å². The summed E-state index contributed by atoms with van der Waals surface area (Å²) in [5.41, 5.74) is 2.02. The molecule has 0 aromatic carbocycles. The molecule has 1 saturated heterocycles. The molecular weight excluding hydrogens is 304 g/mol. The Morgan fingerprint density at radius 3 is 2.96 bits per heavy atom. The third-order valence-electron chi connectivity index (χ3n) is 4.17. The molecule has 1 aliphatic rings. The molecule has 3 heterocycles. The van der Waals surface area contributed by atoms with Crippen molar-refractivity contribution in [3.05, 3.63) is 54.0 Å². The number of ether oxygens (including phenoxy) is 1. The summed E-state index contributed by atoms with van der Waals surface area (Å²) in [4.78, 5) is 22.8. The monoisotopic (exact) mass is 326 g/mol. The number of likely N-dealkylation sites (tertiary alicyclic amines) is 1. The van der Waals surface area contributed by atoms with Crippen molar-refractivity contribution >= 4 is 6.03 Å². The van der Waals surface area contributed by atoms with E-state index >= 15 is 0 Å². The second kappa shape index (κ2) is 7.77. The van der Waals surface area contributed by atoms with E-state index in [1.165, 1.54) is 0 Å². The number of rotatable bonds is 5. The first kappa shape index (κ1) is 16.2. The van der Waals surface area contributed by atoms with Crippen LogP contribution in [0.3, 0.4) is 0 Å². The van der Waals surface area contributed by atoms with Crippen LogP contribution in [0.4, 0.5) is 4.79 Å². The Kier molecular flexibility index (Phi) is 5.25. The van der Waals surface area contributed by atoms with Gasteiger partial charge in [0, 0.05) is 37.2 Å². The van der Waals surface area contributed by atoms with Crippen LogP contribution >= 0.6 is 0 Å². The molecule has 0 aliphatic carbocycles. The van der Waals surface area contributed by atoms with Gasteiger partial charge in [-0.25, -0.2) is 9.78 Å². The lowest BCUT2D eigenvalue weighted by Crippen LogP contribution is -2.39. The van der Waals surface area contributed by atoms with Gasteiger partial charge >= 0.3 is 6.03 Å². The van der Waals surface area contributed by atoms with Gasteiger partial charge in [0.15, 0.2) is 0 Å². The highest BCUT2D eigenvalue weighted by atomic mass is 16.5. The van der Waals surface area contributed by atoms with E-state index in [-0.39, 0.29) is 12.1 Å². The lowest BCUT2D eigenvalue weighted by Gasteiger charge is -2.25. The maximum atomic E-state index is 12.6. The van der Waals surface area contributed by atoms with Gasteiger partial charge in [-0.2, -0.15) is 0 Å². The number of urea groups is 1. The van der Waals surface area contributed by atoms with Crippen molar-refractivity contribution in [2.45, 2.75) is 32.4 Å². The van der Waals surface area contributed by atoms with Crippen molar-refractivity contribution in [1.82, 2.24) is 20.2 Å². The van der Waals surface area contributed by atoms with E-state index in [0.717, 1.165) is 30.5 Å². The molecule has 2 aromatic heterocycles. The number of nitrogens with zero attached hydrogens (tertiary/aromatic N) is 3. The second-order valence-electron chi connectivity index (χ2n) is 5.69. The average Bonchev–Trinajstić information content (AvgIpc) is 3.11. The molecule has 0 spiro atoms. The van der Waals surface area contributed by atoms with Gasteiger partial charge in [0.05, 0.1) is 12.6 Å². The van der Waals surface area contributed by atoms with Gasteiger partial charge in [0.2, 0.25) is 5.88 Å². The number of carbonyl (C=O) groups excluding carboxylic acids is 1. The summed E-state index contributed by atoms with van der Waals surface area (Å²) in [6.45, 7) is 3.64. The van der Waals surface area contributed by atoms with Gasteiger partial charge in [0.1, 0.15) is 0 Å². The summed E-state index contributed by atoms with van der Waals surface area (Å²) >= 11 is 0. The predicted octanol–water partition coefficient (Wildman–Crippen LogP) is 2.92. The Morgan fingerprint density at radius 1 is 1.33 bits per heavy atom. The fourth-order valence-corrected chi connectivity index (χ4v) is 3.04. The zero-order valence-corrected chi connectivity index (χ0v) is 13.8. The normalized spacial score (nSPS) is 16.9. The minimum atomic E-state index is -0.0550. The molecule has 0 radical (unpaired) electrons. The summed E-state index contributed by atoms with van der Waals surface area (Å²) < 4.78 is 5.50. The molecular formula is C18H22N4O2. The maximum Gasteiger partial charge on any atom is 0.318 e. The third-order valence-corrected chi connectivity index (χ3v) is 4.17. The number of aromatic nitrogens is 2. The van der Waals surface area contributed by atoms with E-state index in [1.807, 2.05) is 36.1 Å². The number of hydrogen-bond acceptors (Lipinski definition) is 4. The number of hydrogen-bond donors (Lipinski definition) is 1. The van der Waals surface area contributed by atoms with E-state index in [2.05, 4.69) is 15.3 Å². The largest absolute Gasteiger partial charge is 0.478 e. The Labute approximate surface area is 141 Å². The first-order chi connectivity index (χ1) is 11.8. The molecule has 0 unspecified atom stereocenters. The van der Waals surface area contributed by atoms with Gasteiger partial charge in [-0.3, -0.25) is 4.98 Å². The minimum absolute atomic E-state index is 0.0550. The molecule has 1 atom stereocenters. The van der Waals surface area contributed by atoms with Crippen LogP contribution in [0, 0.1) is 0 Å². The molecule has 2 aromatic rings. The first-order valence-electron chi connectivity index (χ1n) is 8.30. The summed E-state index contributed by atoms with van der Waals surface area (Å²) in [6.07, 6.45) is 7.23. The zero-order chi connectivity index (χ0) is 16.8. The van der Waals surface area contributed by atoms with Crippen LogP contribution in [-0.2, 0) is 6.54 Å². The van der Waals surface area contributed by atoms with Crippen molar-refractivity contribution in [1.29, 1.82) is 0 Å². The van der Waals surface area contributed by atoms with Crippen LogP contribution in [0.5, 0.6) is 5.88 Å². The molecule has 126 valence electrons. The minimum Gasteiger partial charge on any atom is -0.478 e. The standard InChI is InChI=1S/C18H22N4O2/c1-2-24-17-15(5-3-9-20-17)13-21-18(23)22-12-4-6-16(22)14-7-10-19-11-8-14/h3,5,7-11,16H,2,4,6,12-13H2,1H3,(H,21,23)/t16-/m0/s1. The van der Waals surface area contributed by atoms with Crippen LogP contribution in [0.25, 0.3) is 0 Å². The van der Waals surface area contributed by atoms with Crippen LogP contribution < -0.4 is 10.1 Å². The van der Waals surface area contributed by atoms with E-state index in [0.29, 0.717) is 19.0 Å². The highest BCUT2D eigenvalue weighted by molar-refractivity contribution is 5.75. The molecule has 0 saturated carbocycles. The summed E-state index contributed by atoms with van der Waals surface area (Å²) in [6, 6.07) is 7.78. The van der Waals surface area contributed by atoms with Crippen molar-refractivity contribution < 1.29 is 9.53 Å². The number of amides is 2. The number of nitrogens with one attached hydrogen (secondary N) is 1. The van der Waals surface area contributed by atoms with Crippen molar-refractivity contribution in [3.63, 3.8) is 0 Å². The lowest BCUT2D eigenvalue weighted by molar-refractivity contribution is 0.192. The molecule has 24 heavy (non-hydrogen) atoms. The second-order valence-corrected chi connectivity index (χ2v) is 5.69. The van der Waals surface area contributed by atoms with E-state index < -0.39 is 0 Å². The Hall–Kier alpha value is -2.63. The topological polar surface area (TPSA) is 67.3 Å². The molecule has 0 bridgehead atoms. The molecule has 2 amide bonds. The summed E-state index contributed by atoms with van der Waals surface area (Å²) in [7, 11) is 0. The highest BCUT2D eigenvalue weighted by Gasteiger charge is 2.29. The van der Waals surface area contributed by atoms with Crippen LogP contribution in [0.1, 0.15) is 36.9 Å². The quantitative estimate of drug-likeness (QED) is 0.917. The highest BCUT2D eigenvalue weighted by Crippen LogP contribution is 2.31. The van der Waals surface area contributed by atoms with Gasteiger partial charge in [-0.1, -0.05) is 6.07 Å². The fourth-order valence-electron chi connectivity index (χ4n) is 3.04. The Bertz CT molecular complexity index is 678. The van der Waals surface area contributed by atoms with Gasteiger partial charge < -0.3 is 15.0 Å². The van der Waals surface area contributed by atoms with E-state index in [1.54, 1.807) is 18.6 Å². The predicted molar refractivity (Wildman–Crippen MR) is 90.6 cm³/mol. The molecule has 3 rings (SSSR count). The summed E-state index contributed by atoms with van der Waals surface area (Å²) in [5.74, 6) is 0.576. The van der Waals surface area contributed by atoms with Gasteiger partial charge in [-0.05, 0) is 43.5 Å². The first-order valence-corrected chi connectivity index (χ1v) is 8.30. The van der Waals surface area contributed by atoms with Crippen molar-refractivity contribution in [2.24, 2.45) is 0 Å². The van der Waals surface area contributed by atoms with Gasteiger partial charge in [0.25, 0.3) is 0 Å². The molecule has 1 fully saturated rings. The lowest BCUT2D eigenvalue weighted by atomic mass is 10.1. The smallest absolute Gasteiger partial charge is 0.318 e.